The fraction of sp³-hybridized carbons (Fsp3) is 0.667. The van der Waals surface area contributed by atoms with E-state index in [1.54, 1.807) is 6.08 Å². The average molecular weight is 1040 g/mol. The number of amides is 2. The summed E-state index contributed by atoms with van der Waals surface area (Å²) in [5.74, 6) is -0.668. The maximum absolute atomic E-state index is 12.7. The number of aromatic nitrogens is 4. The van der Waals surface area contributed by atoms with E-state index in [1.165, 1.54) is 13.8 Å². The Morgan fingerprint density at radius 2 is 1.71 bits per heavy atom. The highest BCUT2D eigenvalue weighted by atomic mass is 32.2. The van der Waals surface area contributed by atoms with Crippen LogP contribution in [0.25, 0.3) is 11.2 Å². The van der Waals surface area contributed by atoms with Gasteiger partial charge < -0.3 is 69.0 Å². The molecular formula is C39H58N7O18P3S-4. The van der Waals surface area contributed by atoms with E-state index in [1.807, 2.05) is 6.08 Å². The molecule has 0 radical (unpaired) electrons. The normalized spacial score (nSPS) is 23.2. The number of imidazole rings is 1. The lowest BCUT2D eigenvalue weighted by atomic mass is 9.87. The number of allylic oxidation sites excluding steroid dienone is 4. The van der Waals surface area contributed by atoms with Crippen molar-refractivity contribution in [2.24, 2.45) is 17.3 Å². The number of unbranched alkanes of at least 4 members (excludes halogenated alkanes) is 4. The number of thioether (sulfide) groups is 1. The van der Waals surface area contributed by atoms with E-state index in [0.29, 0.717) is 12.2 Å². The molecule has 1 fully saturated rings. The first-order valence-electron chi connectivity index (χ1n) is 21.8. The van der Waals surface area contributed by atoms with Crippen LogP contribution < -0.4 is 35.9 Å². The number of hydrogen-bond donors (Lipinski definition) is 5. The van der Waals surface area contributed by atoms with Gasteiger partial charge in [0.05, 0.1) is 27.4 Å². The molecule has 4 rings (SSSR count). The predicted octanol–water partition coefficient (Wildman–Crippen LogP) is 0.595. The van der Waals surface area contributed by atoms with Crippen molar-refractivity contribution >= 4 is 74.9 Å². The molecule has 1 aliphatic heterocycles. The number of anilines is 1. The largest absolute Gasteiger partial charge is 0.790 e. The lowest BCUT2D eigenvalue weighted by Gasteiger charge is -2.36. The highest BCUT2D eigenvalue weighted by molar-refractivity contribution is 8.13. The third-order valence-electron chi connectivity index (χ3n) is 10.8. The minimum atomic E-state index is -5.93. The standard InChI is InChI=1S/C39H62N7O18P3S/c1-4-5-9-13-26-25(15-16-27(26)47)12-10-7-6-8-11-14-30(49)68-20-19-41-29(48)17-18-42-37(52)34(51)39(2,3)22-61-67(58,59)64-66(56,57)60-21-28-33(63-65(53,54)55)32(50)38(62-28)46-24-45-31-35(40)43-23-44-36(31)46/h5,9,15-16,23-26,28,32-34,38,50-51H,4,6-8,10-14,17-22H2,1-3H3,(H,41,48)(H,42,52)(H,56,57)(H,58,59)(H2,40,43,44)(H2,53,54,55)/p-4/b9-5-/t25-,26-,28+,32+,33+,34-,38+/m0/s1. The van der Waals surface area contributed by atoms with Crippen molar-refractivity contribution in [3.8, 4) is 0 Å². The number of nitrogens with zero attached hydrogens (tertiary/aromatic N) is 4. The van der Waals surface area contributed by atoms with Crippen molar-refractivity contribution in [1.29, 1.82) is 0 Å². The van der Waals surface area contributed by atoms with Gasteiger partial charge in [-0.25, -0.2) is 19.3 Å². The summed E-state index contributed by atoms with van der Waals surface area (Å²) in [7, 11) is -17.6. The Morgan fingerprint density at radius 1 is 1.00 bits per heavy atom. The summed E-state index contributed by atoms with van der Waals surface area (Å²) >= 11 is 1.11. The highest BCUT2D eigenvalue weighted by Crippen LogP contribution is 2.56. The van der Waals surface area contributed by atoms with Crippen LogP contribution in [0.3, 0.4) is 0 Å². The number of phosphoric ester groups is 3. The predicted molar refractivity (Wildman–Crippen MR) is 236 cm³/mol. The van der Waals surface area contributed by atoms with Gasteiger partial charge in [-0.3, -0.25) is 32.9 Å². The van der Waals surface area contributed by atoms with Gasteiger partial charge >= 0.3 is 0 Å². The van der Waals surface area contributed by atoms with Gasteiger partial charge in [-0.05, 0) is 37.7 Å². The molecule has 2 aromatic heterocycles. The van der Waals surface area contributed by atoms with E-state index in [0.717, 1.165) is 80.4 Å². The molecule has 6 N–H and O–H groups in total. The highest BCUT2D eigenvalue weighted by Gasteiger charge is 2.47. The Labute approximate surface area is 396 Å². The molecule has 0 aromatic carbocycles. The molecule has 1 aliphatic carbocycles. The first kappa shape index (κ1) is 57.3. The second-order valence-corrected chi connectivity index (χ2v) is 21.9. The number of ether oxygens (including phenoxy) is 1. The smallest absolute Gasteiger partial charge is 0.274 e. The zero-order valence-electron chi connectivity index (χ0n) is 37.7. The van der Waals surface area contributed by atoms with Crippen LogP contribution in [-0.2, 0) is 55.5 Å². The van der Waals surface area contributed by atoms with Crippen LogP contribution in [0, 0.1) is 17.3 Å². The Bertz CT molecular complexity index is 2240. The van der Waals surface area contributed by atoms with Crippen molar-refractivity contribution in [1.82, 2.24) is 30.2 Å². The molecule has 1 saturated heterocycles. The zero-order chi connectivity index (χ0) is 50.3. The van der Waals surface area contributed by atoms with Gasteiger partial charge in [0.25, 0.3) is 15.6 Å². The Balaban J connectivity index is 1.09. The quantitative estimate of drug-likeness (QED) is 0.0406. The maximum atomic E-state index is 12.7. The van der Waals surface area contributed by atoms with Crippen LogP contribution in [0.5, 0.6) is 0 Å². The number of carbonyl (C=O) groups is 4. The third kappa shape index (κ3) is 18.1. The average Bonchev–Trinajstić information content (AvgIpc) is 3.94. The second-order valence-electron chi connectivity index (χ2n) is 16.7. The molecule has 0 bridgehead atoms. The number of nitrogens with two attached hydrogens (primary N) is 1. The summed E-state index contributed by atoms with van der Waals surface area (Å²) in [6.07, 6.45) is 8.13. The summed E-state index contributed by atoms with van der Waals surface area (Å²) in [6.45, 7) is 2.15. The number of carbonyl (C=O) groups excluding carboxylic acids is 4. The molecule has 2 aliphatic rings. The fourth-order valence-corrected chi connectivity index (χ4v) is 10.7. The molecule has 2 amide bonds. The molecule has 68 heavy (non-hydrogen) atoms. The summed E-state index contributed by atoms with van der Waals surface area (Å²) in [4.78, 5) is 109. The molecule has 0 spiro atoms. The van der Waals surface area contributed by atoms with E-state index >= 15 is 0 Å². The van der Waals surface area contributed by atoms with Crippen LogP contribution >= 0.6 is 35.2 Å². The lowest BCUT2D eigenvalue weighted by Crippen LogP contribution is -2.46. The SMILES string of the molecule is CC/C=C\C[C@@H]1C(=O)C=C[C@@H]1CCCCCCCC(=O)SCCNC(=O)CCNC(=O)[C@H](O)C(C)(C)COP(=O)([O-])OP(=O)([O-])OC[C@H]1O[C@@H](n2cnc3c(N)ncnc32)[C@H](O)[C@@H]1OP(=O)([O-])[O-]. The molecule has 9 atom stereocenters. The molecule has 382 valence electrons. The first-order valence-corrected chi connectivity index (χ1v) is 27.1. The summed E-state index contributed by atoms with van der Waals surface area (Å²) in [5.41, 5.74) is 4.07. The van der Waals surface area contributed by atoms with Gasteiger partial charge in [-0.2, -0.15) is 0 Å². The number of phosphoric acid groups is 3. The topological polar surface area (TPSA) is 392 Å². The van der Waals surface area contributed by atoms with Gasteiger partial charge in [-0.15, -0.1) is 0 Å². The zero-order valence-corrected chi connectivity index (χ0v) is 41.2. The number of aliphatic hydroxyl groups excluding tert-OH is 2. The van der Waals surface area contributed by atoms with Crippen LogP contribution in [0.4, 0.5) is 5.82 Å². The van der Waals surface area contributed by atoms with Crippen molar-refractivity contribution < 1.29 is 85.3 Å². The Morgan fingerprint density at radius 3 is 2.43 bits per heavy atom. The summed E-state index contributed by atoms with van der Waals surface area (Å²) in [5, 5.41) is 26.4. The van der Waals surface area contributed by atoms with Gasteiger partial charge in [0.2, 0.25) is 11.8 Å². The van der Waals surface area contributed by atoms with Crippen LogP contribution in [0.1, 0.15) is 91.2 Å². The first-order chi connectivity index (χ1) is 31.9. The number of ketones is 1. The number of rotatable bonds is 30. The van der Waals surface area contributed by atoms with E-state index in [2.05, 4.69) is 62.5 Å². The summed E-state index contributed by atoms with van der Waals surface area (Å²) in [6, 6.07) is 0. The van der Waals surface area contributed by atoms with Gasteiger partial charge in [0.15, 0.2) is 28.6 Å². The molecular weight excluding hydrogens is 979 g/mol. The Hall–Kier alpha value is -3.29. The van der Waals surface area contributed by atoms with E-state index in [-0.39, 0.29) is 59.2 Å². The Kier molecular flexibility index (Phi) is 22.1. The van der Waals surface area contributed by atoms with Crippen molar-refractivity contribution in [2.45, 2.75) is 116 Å². The number of nitrogen functional groups attached to an aromatic ring is 1. The number of fused-ring (bicyclic) bond motifs is 1. The molecule has 2 aromatic rings. The number of nitrogens with one attached hydrogen (secondary N) is 2. The molecule has 29 heteroatoms. The van der Waals surface area contributed by atoms with Crippen molar-refractivity contribution in [2.75, 3.05) is 37.8 Å². The van der Waals surface area contributed by atoms with E-state index in [4.69, 9.17) is 10.5 Å². The maximum Gasteiger partial charge on any atom is 0.274 e. The van der Waals surface area contributed by atoms with Gasteiger partial charge in [0.1, 0.15) is 36.3 Å². The third-order valence-corrected chi connectivity index (χ3v) is 14.8. The minimum Gasteiger partial charge on any atom is -0.790 e. The second kappa shape index (κ2) is 26.2. The molecule has 3 heterocycles. The molecule has 0 saturated carbocycles. The molecule has 25 nitrogen and oxygen atoms in total. The summed E-state index contributed by atoms with van der Waals surface area (Å²) < 4.78 is 60.8. The van der Waals surface area contributed by atoms with E-state index < -0.39 is 84.6 Å². The van der Waals surface area contributed by atoms with Crippen LogP contribution in [0.15, 0.2) is 37.0 Å². The lowest BCUT2D eigenvalue weighted by molar-refractivity contribution is -0.347. The monoisotopic (exact) mass is 1040 g/mol. The minimum absolute atomic E-state index is 0.0115. The number of hydrogen-bond acceptors (Lipinski definition) is 23. The van der Waals surface area contributed by atoms with Crippen molar-refractivity contribution in [3.63, 3.8) is 0 Å². The van der Waals surface area contributed by atoms with Crippen LogP contribution in [-0.4, -0.2) is 109 Å². The van der Waals surface area contributed by atoms with Gasteiger partial charge in [0, 0.05) is 43.0 Å². The fourth-order valence-electron chi connectivity index (χ4n) is 7.21. The molecule has 2 unspecified atom stereocenters. The van der Waals surface area contributed by atoms with Gasteiger partial charge in [-0.1, -0.05) is 76.4 Å². The van der Waals surface area contributed by atoms with Crippen molar-refractivity contribution in [3.05, 3.63) is 37.0 Å². The van der Waals surface area contributed by atoms with E-state index in [9.17, 15) is 62.7 Å². The number of aliphatic hydroxyl groups is 2. The van der Waals surface area contributed by atoms with Crippen LogP contribution in [0.2, 0.25) is 0 Å².